The van der Waals surface area contributed by atoms with Crippen molar-refractivity contribution in [1.82, 2.24) is 24.1 Å². The molecule has 4 N–H and O–H groups in total. The van der Waals surface area contributed by atoms with Crippen LogP contribution >= 0.6 is 0 Å². The third-order valence-corrected chi connectivity index (χ3v) is 8.09. The molecule has 3 fully saturated rings. The van der Waals surface area contributed by atoms with Gasteiger partial charge in [-0.2, -0.15) is 9.97 Å². The number of benzene rings is 1. The van der Waals surface area contributed by atoms with E-state index < -0.39 is 15.6 Å². The summed E-state index contributed by atoms with van der Waals surface area (Å²) in [4.78, 5) is 13.1. The number of hydrogen-bond acceptors (Lipinski definition) is 7. The lowest BCUT2D eigenvalue weighted by atomic mass is 9.66. The van der Waals surface area contributed by atoms with Crippen molar-refractivity contribution in [3.63, 3.8) is 0 Å². The number of aromatic nitrogens is 4. The van der Waals surface area contributed by atoms with Gasteiger partial charge in [-0.15, -0.1) is 0 Å². The Balaban J connectivity index is 1.50. The van der Waals surface area contributed by atoms with Crippen molar-refractivity contribution in [2.75, 3.05) is 12.3 Å². The Kier molecular flexibility index (Phi) is 4.03. The molecule has 30 heavy (non-hydrogen) atoms. The zero-order valence-electron chi connectivity index (χ0n) is 16.9. The van der Waals surface area contributed by atoms with Crippen molar-refractivity contribution >= 4 is 21.7 Å². The van der Waals surface area contributed by atoms with Gasteiger partial charge in [0.25, 0.3) is 0 Å². The van der Waals surface area contributed by atoms with E-state index in [1.165, 1.54) is 0 Å². The summed E-state index contributed by atoms with van der Waals surface area (Å²) in [6, 6.07) is 5.03. The number of fused-ring (bicyclic) bond motifs is 2. The summed E-state index contributed by atoms with van der Waals surface area (Å²) in [5, 5.41) is 9.58. The Morgan fingerprint density at radius 1 is 1.20 bits per heavy atom. The van der Waals surface area contributed by atoms with Gasteiger partial charge in [-0.05, 0) is 62.6 Å². The number of aliphatic hydroxyl groups is 1. The summed E-state index contributed by atoms with van der Waals surface area (Å²) >= 11 is 0. The number of hydrogen-bond donors (Lipinski definition) is 3. The van der Waals surface area contributed by atoms with Gasteiger partial charge in [0, 0.05) is 23.9 Å². The fourth-order valence-corrected chi connectivity index (χ4v) is 6.54. The summed E-state index contributed by atoms with van der Waals surface area (Å²) in [6.07, 6.45) is 4.72. The van der Waals surface area contributed by atoms with Crippen molar-refractivity contribution in [3.8, 4) is 11.3 Å². The lowest BCUT2D eigenvalue weighted by Gasteiger charge is -2.46. The smallest absolute Gasteiger partial charge is 0.241 e. The fourth-order valence-electron chi connectivity index (χ4n) is 5.08. The zero-order chi connectivity index (χ0) is 21.3. The molecule has 0 atom stereocenters. The summed E-state index contributed by atoms with van der Waals surface area (Å²) in [7, 11) is -3.71. The maximum atomic E-state index is 13.1. The predicted octanol–water partition coefficient (Wildman–Crippen LogP) is 1.57. The van der Waals surface area contributed by atoms with Gasteiger partial charge in [0.1, 0.15) is 5.82 Å². The van der Waals surface area contributed by atoms with E-state index in [9.17, 15) is 13.5 Å². The van der Waals surface area contributed by atoms with Crippen LogP contribution < -0.4 is 10.5 Å². The molecule has 9 nitrogen and oxygen atoms in total. The quantitative estimate of drug-likeness (QED) is 0.561. The highest BCUT2D eigenvalue weighted by atomic mass is 32.2. The topological polar surface area (TPSA) is 136 Å². The molecule has 158 valence electrons. The van der Waals surface area contributed by atoms with Crippen molar-refractivity contribution in [3.05, 3.63) is 35.8 Å². The molecule has 2 heterocycles. The van der Waals surface area contributed by atoms with Crippen LogP contribution in [-0.2, 0) is 10.0 Å². The largest absolute Gasteiger partial charge is 0.396 e. The van der Waals surface area contributed by atoms with Crippen LogP contribution in [0.4, 0.5) is 5.95 Å². The van der Waals surface area contributed by atoms with Gasteiger partial charge in [-0.3, -0.25) is 4.40 Å². The van der Waals surface area contributed by atoms with Crippen molar-refractivity contribution in [2.24, 2.45) is 5.41 Å². The standard InChI is InChI=1S/C20H24N6O3S/c1-12-3-4-14(30(28,29)25-20-6-5-19(9-20,10-20)11-27)7-15(12)16-8-26-17(21)22-13(2)23-18(26)24-16/h3-4,7-8,25,27H,5-6,9-11H2,1-2H3,(H2,21,22,23,24). The van der Waals surface area contributed by atoms with Gasteiger partial charge in [0.05, 0.1) is 10.6 Å². The van der Waals surface area contributed by atoms with Crippen LogP contribution in [-0.4, -0.2) is 45.0 Å². The maximum Gasteiger partial charge on any atom is 0.241 e. The van der Waals surface area contributed by atoms with E-state index in [1.54, 1.807) is 35.7 Å². The molecular formula is C20H24N6O3S. The van der Waals surface area contributed by atoms with Gasteiger partial charge < -0.3 is 10.8 Å². The molecule has 0 unspecified atom stereocenters. The second-order valence-corrected chi connectivity index (χ2v) is 10.5. The third kappa shape index (κ3) is 2.90. The van der Waals surface area contributed by atoms with Crippen molar-refractivity contribution < 1.29 is 13.5 Å². The van der Waals surface area contributed by atoms with E-state index in [4.69, 9.17) is 5.73 Å². The first-order valence-electron chi connectivity index (χ1n) is 9.90. The van der Waals surface area contributed by atoms with Gasteiger partial charge >= 0.3 is 0 Å². The molecule has 6 rings (SSSR count). The van der Waals surface area contributed by atoms with E-state index in [0.29, 0.717) is 35.7 Å². The molecule has 0 amide bonds. The minimum atomic E-state index is -3.71. The summed E-state index contributed by atoms with van der Waals surface area (Å²) in [5.41, 5.74) is 7.60. The molecule has 10 heteroatoms. The van der Waals surface area contributed by atoms with Crippen LogP contribution in [0.15, 0.2) is 29.3 Å². The lowest BCUT2D eigenvalue weighted by Crippen LogP contribution is -2.56. The van der Waals surface area contributed by atoms with Crippen LogP contribution in [0.25, 0.3) is 17.0 Å². The Bertz CT molecular complexity index is 1280. The van der Waals surface area contributed by atoms with Gasteiger partial charge in [-0.25, -0.2) is 18.1 Å². The Morgan fingerprint density at radius 3 is 2.67 bits per heavy atom. The molecule has 0 aliphatic heterocycles. The van der Waals surface area contributed by atoms with Crippen LogP contribution in [0, 0.1) is 19.3 Å². The number of nitrogen functional groups attached to an aromatic ring is 1. The average molecular weight is 429 g/mol. The number of aryl methyl sites for hydroxylation is 2. The normalized spacial score (nSPS) is 25.6. The Hall–Kier alpha value is -2.56. The zero-order valence-corrected chi connectivity index (χ0v) is 17.7. The first-order valence-corrected chi connectivity index (χ1v) is 11.4. The highest BCUT2D eigenvalue weighted by Crippen LogP contribution is 2.61. The van der Waals surface area contributed by atoms with Crippen LogP contribution in [0.2, 0.25) is 0 Å². The van der Waals surface area contributed by atoms with Gasteiger partial charge in [0.15, 0.2) is 0 Å². The first-order chi connectivity index (χ1) is 14.1. The minimum absolute atomic E-state index is 0.101. The average Bonchev–Trinajstić information content (AvgIpc) is 3.32. The predicted molar refractivity (Wildman–Crippen MR) is 111 cm³/mol. The number of nitrogens with one attached hydrogen (secondary N) is 1. The molecule has 2 aromatic heterocycles. The van der Waals surface area contributed by atoms with Crippen molar-refractivity contribution in [2.45, 2.75) is 50.0 Å². The molecule has 2 bridgehead atoms. The lowest BCUT2D eigenvalue weighted by molar-refractivity contribution is 0.0336. The SMILES string of the molecule is Cc1nc(N)n2cc(-c3cc(S(=O)(=O)NC45CCC(CO)(C4)C5)ccc3C)nc2n1. The van der Waals surface area contributed by atoms with Crippen molar-refractivity contribution in [1.29, 1.82) is 0 Å². The third-order valence-electron chi connectivity index (χ3n) is 6.51. The Morgan fingerprint density at radius 2 is 1.97 bits per heavy atom. The van der Waals surface area contributed by atoms with E-state index in [1.807, 2.05) is 6.92 Å². The van der Waals surface area contributed by atoms with E-state index in [-0.39, 0.29) is 22.9 Å². The minimum Gasteiger partial charge on any atom is -0.396 e. The summed E-state index contributed by atoms with van der Waals surface area (Å²) in [5.74, 6) is 1.21. The van der Waals surface area contributed by atoms with E-state index in [0.717, 1.165) is 18.4 Å². The Labute approximate surface area is 174 Å². The van der Waals surface area contributed by atoms with Gasteiger partial charge in [0.2, 0.25) is 21.7 Å². The number of rotatable bonds is 5. The number of imidazole rings is 1. The summed E-state index contributed by atoms with van der Waals surface area (Å²) < 4.78 is 30.8. The molecule has 3 saturated carbocycles. The fraction of sp³-hybridized carbons (Fsp3) is 0.450. The van der Waals surface area contributed by atoms with E-state index >= 15 is 0 Å². The maximum absolute atomic E-state index is 13.1. The molecule has 0 spiro atoms. The van der Waals surface area contributed by atoms with Gasteiger partial charge in [-0.1, -0.05) is 6.07 Å². The molecule has 1 aromatic carbocycles. The van der Waals surface area contributed by atoms with Crippen LogP contribution in [0.5, 0.6) is 0 Å². The number of nitrogens with zero attached hydrogens (tertiary/aromatic N) is 4. The molecule has 0 radical (unpaired) electrons. The number of anilines is 1. The monoisotopic (exact) mass is 428 g/mol. The van der Waals surface area contributed by atoms with E-state index in [2.05, 4.69) is 19.7 Å². The van der Waals surface area contributed by atoms with Crippen LogP contribution in [0.3, 0.4) is 0 Å². The number of nitrogens with two attached hydrogens (primary N) is 1. The second kappa shape index (κ2) is 6.22. The number of sulfonamides is 1. The first kappa shape index (κ1) is 19.4. The highest BCUT2D eigenvalue weighted by molar-refractivity contribution is 7.89. The molecule has 0 saturated heterocycles. The molecule has 3 aliphatic rings. The summed E-state index contributed by atoms with van der Waals surface area (Å²) in [6.45, 7) is 3.76. The molecule has 3 aliphatic carbocycles. The number of aliphatic hydroxyl groups excluding tert-OH is 1. The molecular weight excluding hydrogens is 404 g/mol. The second-order valence-electron chi connectivity index (χ2n) is 8.80. The molecule has 3 aromatic rings. The van der Waals surface area contributed by atoms with Crippen LogP contribution in [0.1, 0.15) is 37.1 Å². The highest BCUT2D eigenvalue weighted by Gasteiger charge is 2.61.